The molecule has 0 saturated carbocycles. The number of rotatable bonds is 3. The molecule has 1 aromatic carbocycles. The molecule has 10 nitrogen and oxygen atoms in total. The molecule has 3 aliphatic heterocycles. The second-order valence-corrected chi connectivity index (χ2v) is 5.64. The molecule has 24 heavy (non-hydrogen) atoms. The van der Waals surface area contributed by atoms with Crippen molar-refractivity contribution in [2.75, 3.05) is 13.4 Å². The van der Waals surface area contributed by atoms with Crippen LogP contribution in [0.15, 0.2) is 28.6 Å². The minimum atomic E-state index is -1.51. The summed E-state index contributed by atoms with van der Waals surface area (Å²) in [5.74, 6) is 1.18. The van der Waals surface area contributed by atoms with Gasteiger partial charge in [0.25, 0.3) is 0 Å². The van der Waals surface area contributed by atoms with Crippen LogP contribution in [0.1, 0.15) is 11.9 Å². The number of ether oxygens (including phenoxy) is 5. The zero-order valence-electron chi connectivity index (χ0n) is 12.3. The predicted octanol–water partition coefficient (Wildman–Crippen LogP) is 0.816. The highest BCUT2D eigenvalue weighted by molar-refractivity contribution is 5.44. The van der Waals surface area contributed by atoms with E-state index in [1.165, 1.54) is 0 Å². The molecule has 2 saturated heterocycles. The topological polar surface area (TPSA) is 125 Å². The van der Waals surface area contributed by atoms with E-state index in [0.717, 1.165) is 0 Å². The number of aliphatic hydroxyl groups excluding tert-OH is 1. The zero-order chi connectivity index (χ0) is 16.7. The Morgan fingerprint density at radius 1 is 1.04 bits per heavy atom. The maximum absolute atomic E-state index is 11.2. The minimum absolute atomic E-state index is 0.0679. The first-order valence-corrected chi connectivity index (χ1v) is 7.36. The van der Waals surface area contributed by atoms with Crippen molar-refractivity contribution in [2.24, 2.45) is 10.4 Å². The van der Waals surface area contributed by atoms with Crippen molar-refractivity contribution in [1.82, 2.24) is 0 Å². The summed E-state index contributed by atoms with van der Waals surface area (Å²) < 4.78 is 27.2. The summed E-state index contributed by atoms with van der Waals surface area (Å²) in [5.41, 5.74) is 0.657. The number of nitrogens with zero attached hydrogens (tertiary/aromatic N) is 2. The van der Waals surface area contributed by atoms with Gasteiger partial charge in [-0.15, -0.1) is 0 Å². The van der Waals surface area contributed by atoms with Gasteiger partial charge in [-0.2, -0.15) is 9.81 Å². The van der Waals surface area contributed by atoms with Gasteiger partial charge in [-0.1, -0.05) is 10.4 Å². The van der Waals surface area contributed by atoms with Crippen molar-refractivity contribution in [3.05, 3.63) is 33.6 Å². The van der Waals surface area contributed by atoms with Crippen LogP contribution in [0.5, 0.6) is 11.5 Å². The Morgan fingerprint density at radius 3 is 2.62 bits per heavy atom. The van der Waals surface area contributed by atoms with Gasteiger partial charge < -0.3 is 28.8 Å². The van der Waals surface area contributed by atoms with Crippen LogP contribution >= 0.6 is 0 Å². The van der Waals surface area contributed by atoms with Gasteiger partial charge in [-0.05, 0) is 18.2 Å². The lowest BCUT2D eigenvalue weighted by Gasteiger charge is -2.44. The SMILES string of the molecule is O=NC1C(O)OC2COC(c3ccc4c(c3)OCO4)OC2C1N=O. The molecule has 128 valence electrons. The second kappa shape index (κ2) is 6.06. The Kier molecular flexibility index (Phi) is 3.88. The van der Waals surface area contributed by atoms with Gasteiger partial charge in [-0.3, -0.25) is 0 Å². The van der Waals surface area contributed by atoms with Crippen molar-refractivity contribution >= 4 is 0 Å². The fraction of sp³-hybridized carbons (Fsp3) is 0.571. The van der Waals surface area contributed by atoms with Crippen molar-refractivity contribution < 1.29 is 28.8 Å². The van der Waals surface area contributed by atoms with Crippen molar-refractivity contribution in [3.8, 4) is 11.5 Å². The minimum Gasteiger partial charge on any atom is -0.454 e. The van der Waals surface area contributed by atoms with Gasteiger partial charge in [0.05, 0.1) is 6.61 Å². The van der Waals surface area contributed by atoms with Gasteiger partial charge >= 0.3 is 0 Å². The first kappa shape index (κ1) is 15.4. The van der Waals surface area contributed by atoms with E-state index in [1.54, 1.807) is 18.2 Å². The third-order valence-electron chi connectivity index (χ3n) is 4.26. The van der Waals surface area contributed by atoms with Crippen molar-refractivity contribution in [2.45, 2.75) is 36.9 Å². The molecule has 1 aromatic rings. The number of benzene rings is 1. The summed E-state index contributed by atoms with van der Waals surface area (Å²) in [6.45, 7) is 0.212. The molecule has 0 amide bonds. The quantitative estimate of drug-likeness (QED) is 0.803. The highest BCUT2D eigenvalue weighted by atomic mass is 16.7. The van der Waals surface area contributed by atoms with Gasteiger partial charge in [0, 0.05) is 5.56 Å². The van der Waals surface area contributed by atoms with E-state index in [1.807, 2.05) is 0 Å². The second-order valence-electron chi connectivity index (χ2n) is 5.64. The molecule has 3 heterocycles. The molecular weight excluding hydrogens is 324 g/mol. The fourth-order valence-corrected chi connectivity index (χ4v) is 3.06. The standard InChI is InChI=1S/C14H14N2O8/c17-13-11(16-19)10(15-18)12-9(23-13)4-20-14(24-12)6-1-2-7-8(3-6)22-5-21-7/h1-3,9-14,17H,4-5H2. The van der Waals surface area contributed by atoms with Crippen molar-refractivity contribution in [3.63, 3.8) is 0 Å². The van der Waals surface area contributed by atoms with Crippen LogP contribution in [0.25, 0.3) is 0 Å². The molecule has 0 spiro atoms. The van der Waals surface area contributed by atoms with E-state index in [9.17, 15) is 14.9 Å². The molecule has 6 unspecified atom stereocenters. The molecule has 10 heteroatoms. The highest BCUT2D eigenvalue weighted by Crippen LogP contribution is 2.39. The fourth-order valence-electron chi connectivity index (χ4n) is 3.06. The van der Waals surface area contributed by atoms with Crippen LogP contribution in [0.2, 0.25) is 0 Å². The Bertz CT molecular complexity index is 656. The summed E-state index contributed by atoms with van der Waals surface area (Å²) in [5, 5.41) is 15.4. The van der Waals surface area contributed by atoms with Crippen LogP contribution < -0.4 is 9.47 Å². The van der Waals surface area contributed by atoms with Gasteiger partial charge in [0.1, 0.15) is 12.2 Å². The summed E-state index contributed by atoms with van der Waals surface area (Å²) in [6.07, 6.45) is -3.87. The third kappa shape index (κ3) is 2.44. The van der Waals surface area contributed by atoms with Crippen LogP contribution in [0.4, 0.5) is 0 Å². The molecule has 3 aliphatic rings. The largest absolute Gasteiger partial charge is 0.454 e. The maximum Gasteiger partial charge on any atom is 0.231 e. The summed E-state index contributed by atoms with van der Waals surface area (Å²) in [6, 6.07) is 2.71. The normalized spacial score (nSPS) is 37.5. The molecule has 6 atom stereocenters. The van der Waals surface area contributed by atoms with Crippen molar-refractivity contribution in [1.29, 1.82) is 0 Å². The molecule has 1 N–H and O–H groups in total. The molecule has 4 rings (SSSR count). The number of hydrogen-bond acceptors (Lipinski definition) is 10. The van der Waals surface area contributed by atoms with Gasteiger partial charge in [0.2, 0.25) is 6.79 Å². The summed E-state index contributed by atoms with van der Waals surface area (Å²) in [4.78, 5) is 22.0. The molecular formula is C14H14N2O8. The smallest absolute Gasteiger partial charge is 0.231 e. The lowest BCUT2D eigenvalue weighted by atomic mass is 9.94. The van der Waals surface area contributed by atoms with E-state index >= 15 is 0 Å². The average molecular weight is 338 g/mol. The van der Waals surface area contributed by atoms with E-state index < -0.39 is 36.9 Å². The lowest BCUT2D eigenvalue weighted by molar-refractivity contribution is -0.317. The van der Waals surface area contributed by atoms with E-state index in [0.29, 0.717) is 17.1 Å². The number of aliphatic hydroxyl groups is 1. The number of hydrogen-bond donors (Lipinski definition) is 1. The zero-order valence-corrected chi connectivity index (χ0v) is 12.3. The summed E-state index contributed by atoms with van der Waals surface area (Å²) >= 11 is 0. The molecule has 0 bridgehead atoms. The third-order valence-corrected chi connectivity index (χ3v) is 4.26. The number of nitroso groups, excluding NO2 is 2. The monoisotopic (exact) mass is 338 g/mol. The Morgan fingerprint density at radius 2 is 1.83 bits per heavy atom. The Balaban J connectivity index is 1.57. The molecule has 2 fully saturated rings. The Hall–Kier alpha value is -2.14. The summed E-state index contributed by atoms with van der Waals surface area (Å²) in [7, 11) is 0. The maximum atomic E-state index is 11.2. The first-order chi connectivity index (χ1) is 11.7. The van der Waals surface area contributed by atoms with Gasteiger partial charge in [-0.25, -0.2) is 0 Å². The highest BCUT2D eigenvalue weighted by Gasteiger charge is 2.51. The molecule has 0 aliphatic carbocycles. The molecule has 0 radical (unpaired) electrons. The van der Waals surface area contributed by atoms with Gasteiger partial charge in [0.15, 0.2) is 36.2 Å². The van der Waals surface area contributed by atoms with Crippen LogP contribution in [-0.2, 0) is 14.2 Å². The van der Waals surface area contributed by atoms with E-state index in [2.05, 4.69) is 10.4 Å². The van der Waals surface area contributed by atoms with Crippen LogP contribution in [0, 0.1) is 9.81 Å². The first-order valence-electron chi connectivity index (χ1n) is 7.36. The van der Waals surface area contributed by atoms with Crippen LogP contribution in [-0.4, -0.2) is 49.1 Å². The van der Waals surface area contributed by atoms with Crippen LogP contribution in [0.3, 0.4) is 0 Å². The lowest BCUT2D eigenvalue weighted by Crippen LogP contribution is -2.60. The average Bonchev–Trinajstić information content (AvgIpc) is 3.07. The number of fused-ring (bicyclic) bond motifs is 2. The molecule has 0 aromatic heterocycles. The Labute approximate surface area is 135 Å². The van der Waals surface area contributed by atoms with E-state index in [-0.39, 0.29) is 13.4 Å². The van der Waals surface area contributed by atoms with E-state index in [4.69, 9.17) is 23.7 Å². The predicted molar refractivity (Wildman–Crippen MR) is 76.2 cm³/mol.